The number of thioether (sulfide) groups is 1. The number of rotatable bonds is 8. The highest BCUT2D eigenvalue weighted by Gasteiger charge is 2.24. The Morgan fingerprint density at radius 3 is 2.69 bits per heavy atom. The molecule has 0 bridgehead atoms. The van der Waals surface area contributed by atoms with E-state index in [4.69, 9.17) is 15.2 Å². The van der Waals surface area contributed by atoms with Crippen LogP contribution in [0.25, 0.3) is 11.2 Å². The lowest BCUT2D eigenvalue weighted by Crippen LogP contribution is -2.40. The van der Waals surface area contributed by atoms with Gasteiger partial charge < -0.3 is 25.1 Å². The summed E-state index contributed by atoms with van der Waals surface area (Å²) in [7, 11) is 3.15. The minimum atomic E-state index is -0.0650. The van der Waals surface area contributed by atoms with Gasteiger partial charge in [-0.3, -0.25) is 4.79 Å². The minimum Gasteiger partial charge on any atom is -0.493 e. The summed E-state index contributed by atoms with van der Waals surface area (Å²) in [6, 6.07) is 5.39. The number of hydrogen-bond donors (Lipinski definition) is 2. The molecule has 3 rings (SSSR count). The van der Waals surface area contributed by atoms with Gasteiger partial charge in [-0.2, -0.15) is 4.98 Å². The number of fused-ring (bicyclic) bond motifs is 1. The number of carbonyl (C=O) groups is 1. The van der Waals surface area contributed by atoms with Crippen molar-refractivity contribution in [1.82, 2.24) is 19.9 Å². The molecule has 0 unspecified atom stereocenters. The summed E-state index contributed by atoms with van der Waals surface area (Å²) in [5.74, 6) is 1.92. The zero-order chi connectivity index (χ0) is 21.0. The van der Waals surface area contributed by atoms with Gasteiger partial charge in [-0.05, 0) is 18.6 Å². The molecule has 0 aliphatic heterocycles. The normalized spacial score (nSPS) is 12.0. The molecule has 0 fully saturated rings. The lowest BCUT2D eigenvalue weighted by Gasteiger charge is -2.30. The SMILES string of the molecule is CC[C@H](CSc1nc(N)nc2nc[nH]c12)N(C(C)=O)c1ccc(OC)c(OC)c1. The second-order valence-corrected chi connectivity index (χ2v) is 7.30. The van der Waals surface area contributed by atoms with Gasteiger partial charge in [-0.25, -0.2) is 9.97 Å². The maximum absolute atomic E-state index is 12.5. The summed E-state index contributed by atoms with van der Waals surface area (Å²) >= 11 is 1.51. The minimum absolute atomic E-state index is 0.0569. The van der Waals surface area contributed by atoms with Gasteiger partial charge >= 0.3 is 0 Å². The Morgan fingerprint density at radius 1 is 1.28 bits per heavy atom. The van der Waals surface area contributed by atoms with E-state index in [0.29, 0.717) is 27.9 Å². The van der Waals surface area contributed by atoms with E-state index in [0.717, 1.165) is 17.6 Å². The Hall–Kier alpha value is -3.01. The van der Waals surface area contributed by atoms with Crippen molar-refractivity contribution in [3.8, 4) is 11.5 Å². The van der Waals surface area contributed by atoms with Gasteiger partial charge in [0.2, 0.25) is 11.9 Å². The van der Waals surface area contributed by atoms with Crippen molar-refractivity contribution >= 4 is 40.5 Å². The number of H-pyrrole nitrogens is 1. The third-order valence-corrected chi connectivity index (χ3v) is 5.62. The van der Waals surface area contributed by atoms with Crippen LogP contribution in [0.4, 0.5) is 11.6 Å². The summed E-state index contributed by atoms with van der Waals surface area (Å²) in [4.78, 5) is 29.9. The molecule has 10 heteroatoms. The van der Waals surface area contributed by atoms with Crippen LogP contribution >= 0.6 is 11.8 Å². The average Bonchev–Trinajstić information content (AvgIpc) is 3.18. The highest BCUT2D eigenvalue weighted by molar-refractivity contribution is 7.99. The maximum Gasteiger partial charge on any atom is 0.224 e. The Morgan fingerprint density at radius 2 is 2.03 bits per heavy atom. The number of benzene rings is 1. The summed E-state index contributed by atoms with van der Waals surface area (Å²) in [5.41, 5.74) is 7.81. The van der Waals surface area contributed by atoms with Crippen molar-refractivity contribution in [2.45, 2.75) is 31.3 Å². The van der Waals surface area contributed by atoms with E-state index in [1.807, 2.05) is 19.1 Å². The van der Waals surface area contributed by atoms with Crippen LogP contribution < -0.4 is 20.1 Å². The highest BCUT2D eigenvalue weighted by atomic mass is 32.2. The van der Waals surface area contributed by atoms with Gasteiger partial charge in [0.15, 0.2) is 17.1 Å². The quantitative estimate of drug-likeness (QED) is 0.425. The molecule has 1 aromatic carbocycles. The number of hydrogen-bond acceptors (Lipinski definition) is 8. The zero-order valence-electron chi connectivity index (χ0n) is 16.8. The van der Waals surface area contributed by atoms with Gasteiger partial charge in [-0.1, -0.05) is 6.92 Å². The van der Waals surface area contributed by atoms with Gasteiger partial charge in [-0.15, -0.1) is 11.8 Å². The number of carbonyl (C=O) groups excluding carboxylic acids is 1. The fraction of sp³-hybridized carbons (Fsp3) is 0.368. The molecule has 0 radical (unpaired) electrons. The largest absolute Gasteiger partial charge is 0.493 e. The second kappa shape index (κ2) is 8.99. The van der Waals surface area contributed by atoms with Crippen LogP contribution in [0.3, 0.4) is 0 Å². The zero-order valence-corrected chi connectivity index (χ0v) is 17.6. The number of methoxy groups -OCH3 is 2. The van der Waals surface area contributed by atoms with Crippen molar-refractivity contribution in [1.29, 1.82) is 0 Å². The fourth-order valence-electron chi connectivity index (χ4n) is 3.10. The van der Waals surface area contributed by atoms with Gasteiger partial charge in [0.25, 0.3) is 0 Å². The van der Waals surface area contributed by atoms with E-state index in [1.165, 1.54) is 11.8 Å². The van der Waals surface area contributed by atoms with E-state index < -0.39 is 0 Å². The number of nitrogen functional groups attached to an aromatic ring is 1. The van der Waals surface area contributed by atoms with Gasteiger partial charge in [0, 0.05) is 30.5 Å². The number of nitrogens with one attached hydrogen (secondary N) is 1. The third-order valence-electron chi connectivity index (χ3n) is 4.50. The predicted molar refractivity (Wildman–Crippen MR) is 114 cm³/mol. The fourth-order valence-corrected chi connectivity index (χ4v) is 4.29. The number of nitrogens with zero attached hydrogens (tertiary/aromatic N) is 4. The molecular formula is C19H24N6O3S. The van der Waals surface area contributed by atoms with Crippen LogP contribution in [0.1, 0.15) is 20.3 Å². The number of ether oxygens (including phenoxy) is 2. The highest BCUT2D eigenvalue weighted by Crippen LogP contribution is 2.34. The second-order valence-electron chi connectivity index (χ2n) is 6.29. The van der Waals surface area contributed by atoms with E-state index >= 15 is 0 Å². The number of nitrogens with two attached hydrogens (primary N) is 1. The summed E-state index contributed by atoms with van der Waals surface area (Å²) < 4.78 is 10.7. The van der Waals surface area contributed by atoms with Crippen LogP contribution in [0.2, 0.25) is 0 Å². The first-order valence-electron chi connectivity index (χ1n) is 9.09. The smallest absolute Gasteiger partial charge is 0.224 e. The standard InChI is InChI=1S/C19H24N6O3S/c1-5-12(9-29-18-16-17(22-10-21-16)23-19(20)24-18)25(11(2)26)13-6-7-14(27-3)15(8-13)28-4/h6-8,10,12H,5,9H2,1-4H3,(H3,20,21,22,23,24)/t12-/m1/s1. The van der Waals surface area contributed by atoms with Crippen molar-refractivity contribution in [3.05, 3.63) is 24.5 Å². The van der Waals surface area contributed by atoms with Crippen molar-refractivity contribution in [3.63, 3.8) is 0 Å². The number of aromatic nitrogens is 4. The monoisotopic (exact) mass is 416 g/mol. The molecule has 29 heavy (non-hydrogen) atoms. The van der Waals surface area contributed by atoms with Crippen LogP contribution in [0, 0.1) is 0 Å². The van der Waals surface area contributed by atoms with E-state index in [-0.39, 0.29) is 17.9 Å². The Bertz CT molecular complexity index is 1010. The summed E-state index contributed by atoms with van der Waals surface area (Å²) in [5, 5.41) is 0.708. The van der Waals surface area contributed by atoms with Crippen LogP contribution in [-0.4, -0.2) is 51.9 Å². The van der Waals surface area contributed by atoms with E-state index in [2.05, 4.69) is 19.9 Å². The molecule has 0 saturated heterocycles. The van der Waals surface area contributed by atoms with E-state index in [9.17, 15) is 4.79 Å². The first-order valence-corrected chi connectivity index (χ1v) is 10.1. The Kier molecular flexibility index (Phi) is 6.42. The average molecular weight is 417 g/mol. The lowest BCUT2D eigenvalue weighted by atomic mass is 10.1. The lowest BCUT2D eigenvalue weighted by molar-refractivity contribution is -0.117. The molecule has 0 spiro atoms. The van der Waals surface area contributed by atoms with Gasteiger partial charge in [0.05, 0.1) is 20.5 Å². The van der Waals surface area contributed by atoms with Crippen LogP contribution in [-0.2, 0) is 4.79 Å². The molecule has 2 heterocycles. The Balaban J connectivity index is 1.87. The molecule has 1 amide bonds. The van der Waals surface area contributed by atoms with Crippen LogP contribution in [0.15, 0.2) is 29.6 Å². The first-order chi connectivity index (χ1) is 14.0. The number of anilines is 2. The maximum atomic E-state index is 12.5. The number of amides is 1. The first kappa shape index (κ1) is 20.7. The molecule has 154 valence electrons. The predicted octanol–water partition coefficient (Wildman–Crippen LogP) is 2.88. The summed E-state index contributed by atoms with van der Waals surface area (Å²) in [6.45, 7) is 3.60. The molecule has 2 aromatic heterocycles. The molecule has 3 N–H and O–H groups in total. The van der Waals surface area contributed by atoms with Crippen LogP contribution in [0.5, 0.6) is 11.5 Å². The Labute approximate surface area is 173 Å². The van der Waals surface area contributed by atoms with E-state index in [1.54, 1.807) is 38.4 Å². The van der Waals surface area contributed by atoms with Gasteiger partial charge in [0.1, 0.15) is 10.5 Å². The van der Waals surface area contributed by atoms with Crippen molar-refractivity contribution in [2.75, 3.05) is 30.6 Å². The van der Waals surface area contributed by atoms with Crippen molar-refractivity contribution in [2.24, 2.45) is 0 Å². The molecule has 1 atom stereocenters. The molecular weight excluding hydrogens is 392 g/mol. The molecule has 9 nitrogen and oxygen atoms in total. The third kappa shape index (κ3) is 4.37. The van der Waals surface area contributed by atoms with Crippen molar-refractivity contribution < 1.29 is 14.3 Å². The summed E-state index contributed by atoms with van der Waals surface area (Å²) in [6.07, 6.45) is 2.32. The molecule has 0 saturated carbocycles. The molecule has 3 aromatic rings. The molecule has 0 aliphatic carbocycles. The molecule has 0 aliphatic rings. The number of aromatic amines is 1. The number of imidazole rings is 1. The topological polar surface area (TPSA) is 119 Å².